The maximum Gasteiger partial charge on any atom is 0.407 e. The molecule has 3 amide bonds. The van der Waals surface area contributed by atoms with Gasteiger partial charge in [0.2, 0.25) is 11.8 Å². The molecule has 184 valence electrons. The smallest absolute Gasteiger partial charge is 0.407 e. The van der Waals surface area contributed by atoms with Crippen molar-refractivity contribution in [3.63, 3.8) is 0 Å². The number of hydrogen-bond donors (Lipinski definition) is 2. The summed E-state index contributed by atoms with van der Waals surface area (Å²) in [5, 5.41) is 5.53. The molecule has 2 rings (SSSR count). The molecule has 1 aliphatic heterocycles. The number of ether oxygens (including phenoxy) is 1. The number of amides is 3. The molecule has 8 heteroatoms. The lowest BCUT2D eigenvalue weighted by Crippen LogP contribution is -2.49. The zero-order valence-electron chi connectivity index (χ0n) is 20.7. The number of hydrogen-bond acceptors (Lipinski definition) is 5. The first kappa shape index (κ1) is 26.6. The molecule has 8 nitrogen and oxygen atoms in total. The van der Waals surface area contributed by atoms with Crippen molar-refractivity contribution >= 4 is 17.9 Å². The zero-order valence-corrected chi connectivity index (χ0v) is 20.7. The Morgan fingerprint density at radius 1 is 1.12 bits per heavy atom. The van der Waals surface area contributed by atoms with Gasteiger partial charge in [-0.15, -0.1) is 0 Å². The molecule has 1 aromatic rings. The Hall–Kier alpha value is -2.61. The molecule has 1 fully saturated rings. The molecule has 1 heterocycles. The summed E-state index contributed by atoms with van der Waals surface area (Å²) in [7, 11) is 0. The quantitative estimate of drug-likeness (QED) is 0.553. The Morgan fingerprint density at radius 2 is 1.79 bits per heavy atom. The van der Waals surface area contributed by atoms with Crippen LogP contribution < -0.4 is 10.6 Å². The van der Waals surface area contributed by atoms with E-state index in [1.165, 1.54) is 0 Å². The van der Waals surface area contributed by atoms with Crippen molar-refractivity contribution in [2.24, 2.45) is 5.92 Å². The number of carbonyl (C=O) groups is 3. The van der Waals surface area contributed by atoms with E-state index in [-0.39, 0.29) is 23.8 Å². The number of rotatable bonds is 9. The van der Waals surface area contributed by atoms with Crippen molar-refractivity contribution in [2.75, 3.05) is 32.7 Å². The van der Waals surface area contributed by atoms with Crippen LogP contribution in [0.2, 0.25) is 0 Å². The highest BCUT2D eigenvalue weighted by molar-refractivity contribution is 5.80. The minimum Gasteiger partial charge on any atom is -0.444 e. The molecule has 0 spiro atoms. The van der Waals surface area contributed by atoms with E-state index >= 15 is 0 Å². The average molecular weight is 461 g/mol. The largest absolute Gasteiger partial charge is 0.444 e. The molecule has 0 aliphatic carbocycles. The van der Waals surface area contributed by atoms with Gasteiger partial charge in [0.25, 0.3) is 0 Å². The lowest BCUT2D eigenvalue weighted by Gasteiger charge is -2.34. The van der Waals surface area contributed by atoms with Gasteiger partial charge in [0.05, 0.1) is 12.5 Å². The summed E-state index contributed by atoms with van der Waals surface area (Å²) >= 11 is 0. The minimum atomic E-state index is -0.553. The summed E-state index contributed by atoms with van der Waals surface area (Å²) in [6, 6.07) is 10.1. The summed E-state index contributed by atoms with van der Waals surface area (Å²) in [4.78, 5) is 41.3. The summed E-state index contributed by atoms with van der Waals surface area (Å²) in [6.07, 6.45) is 1.18. The van der Waals surface area contributed by atoms with Crippen LogP contribution in [-0.4, -0.2) is 72.1 Å². The highest BCUT2D eigenvalue weighted by Crippen LogP contribution is 2.17. The Bertz CT molecular complexity index is 776. The van der Waals surface area contributed by atoms with Crippen LogP contribution >= 0.6 is 0 Å². The second-order valence-electron chi connectivity index (χ2n) is 9.89. The predicted molar refractivity (Wildman–Crippen MR) is 129 cm³/mol. The van der Waals surface area contributed by atoms with Gasteiger partial charge < -0.3 is 20.3 Å². The van der Waals surface area contributed by atoms with Gasteiger partial charge in [-0.1, -0.05) is 30.3 Å². The Kier molecular flexibility index (Phi) is 10.2. The molecular formula is C25H40N4O4. The maximum atomic E-state index is 13.0. The van der Waals surface area contributed by atoms with Crippen LogP contribution in [0.1, 0.15) is 53.0 Å². The third-order valence-corrected chi connectivity index (χ3v) is 5.47. The van der Waals surface area contributed by atoms with Gasteiger partial charge in [-0.25, -0.2) is 4.79 Å². The van der Waals surface area contributed by atoms with E-state index in [1.54, 1.807) is 20.8 Å². The van der Waals surface area contributed by atoms with Crippen LogP contribution in [-0.2, 0) is 20.9 Å². The summed E-state index contributed by atoms with van der Waals surface area (Å²) in [6.45, 7) is 12.4. The van der Waals surface area contributed by atoms with Crippen LogP contribution in [0.4, 0.5) is 4.79 Å². The predicted octanol–water partition coefficient (Wildman–Crippen LogP) is 2.78. The fourth-order valence-corrected chi connectivity index (χ4v) is 3.84. The van der Waals surface area contributed by atoms with Crippen molar-refractivity contribution in [2.45, 2.75) is 65.6 Å². The van der Waals surface area contributed by atoms with Gasteiger partial charge in [0, 0.05) is 32.2 Å². The van der Waals surface area contributed by atoms with Gasteiger partial charge in [0.15, 0.2) is 0 Å². The topological polar surface area (TPSA) is 91.0 Å². The number of nitrogens with zero attached hydrogens (tertiary/aromatic N) is 2. The van der Waals surface area contributed by atoms with Crippen molar-refractivity contribution in [3.8, 4) is 0 Å². The van der Waals surface area contributed by atoms with Crippen molar-refractivity contribution in [1.29, 1.82) is 0 Å². The molecule has 0 saturated carbocycles. The molecule has 1 unspecified atom stereocenters. The van der Waals surface area contributed by atoms with Crippen molar-refractivity contribution < 1.29 is 19.1 Å². The lowest BCUT2D eigenvalue weighted by atomic mass is 9.97. The normalized spacial score (nSPS) is 16.8. The monoisotopic (exact) mass is 460 g/mol. The van der Waals surface area contributed by atoms with Gasteiger partial charge in [-0.05, 0) is 59.6 Å². The Balaban J connectivity index is 1.78. The van der Waals surface area contributed by atoms with E-state index < -0.39 is 11.7 Å². The second-order valence-corrected chi connectivity index (χ2v) is 9.89. The van der Waals surface area contributed by atoms with Crippen LogP contribution in [0.25, 0.3) is 0 Å². The first-order valence-electron chi connectivity index (χ1n) is 11.9. The van der Waals surface area contributed by atoms with E-state index in [2.05, 4.69) is 15.5 Å². The van der Waals surface area contributed by atoms with E-state index in [9.17, 15) is 14.4 Å². The highest BCUT2D eigenvalue weighted by atomic mass is 16.6. The van der Waals surface area contributed by atoms with Gasteiger partial charge in [0.1, 0.15) is 5.60 Å². The Labute approximate surface area is 198 Å². The van der Waals surface area contributed by atoms with Crippen LogP contribution in [0, 0.1) is 5.92 Å². The molecule has 0 bridgehead atoms. The molecule has 33 heavy (non-hydrogen) atoms. The Morgan fingerprint density at radius 3 is 2.42 bits per heavy atom. The van der Waals surface area contributed by atoms with Crippen molar-refractivity contribution in [3.05, 3.63) is 35.9 Å². The number of piperidine rings is 1. The second kappa shape index (κ2) is 12.6. The van der Waals surface area contributed by atoms with Gasteiger partial charge >= 0.3 is 6.09 Å². The number of likely N-dealkylation sites (tertiary alicyclic amines) is 1. The molecule has 1 aliphatic rings. The molecule has 1 saturated heterocycles. The number of carbonyl (C=O) groups excluding carboxylic acids is 3. The fourth-order valence-electron chi connectivity index (χ4n) is 3.84. The molecule has 2 N–H and O–H groups in total. The first-order valence-corrected chi connectivity index (χ1v) is 11.9. The van der Waals surface area contributed by atoms with Crippen LogP contribution in [0.3, 0.4) is 0 Å². The standard InChI is InChI=1S/C25H40N4O4/c1-19(2)29(16-20-10-7-6-8-11-20)22(30)18-28-15-9-12-21(17-28)23(31)26-13-14-27-24(32)33-25(3,4)5/h6-8,10-11,19,21H,9,12-18H2,1-5H3,(H,26,31)(H,27,32). The van der Waals surface area contributed by atoms with E-state index in [0.29, 0.717) is 32.7 Å². The van der Waals surface area contributed by atoms with E-state index in [4.69, 9.17) is 4.74 Å². The van der Waals surface area contributed by atoms with E-state index in [0.717, 1.165) is 24.9 Å². The third kappa shape index (κ3) is 9.82. The van der Waals surface area contributed by atoms with Gasteiger partial charge in [-0.2, -0.15) is 0 Å². The van der Waals surface area contributed by atoms with Gasteiger partial charge in [-0.3, -0.25) is 14.5 Å². The molecule has 1 atom stereocenters. The molecule has 1 aromatic carbocycles. The maximum absolute atomic E-state index is 13.0. The molecular weight excluding hydrogens is 420 g/mol. The highest BCUT2D eigenvalue weighted by Gasteiger charge is 2.28. The average Bonchev–Trinajstić information content (AvgIpc) is 2.74. The van der Waals surface area contributed by atoms with Crippen LogP contribution in [0.5, 0.6) is 0 Å². The number of benzene rings is 1. The molecule has 0 radical (unpaired) electrons. The molecule has 0 aromatic heterocycles. The van der Waals surface area contributed by atoms with Crippen molar-refractivity contribution in [1.82, 2.24) is 20.4 Å². The SMILES string of the molecule is CC(C)N(Cc1ccccc1)C(=O)CN1CCCC(C(=O)NCCNC(=O)OC(C)(C)C)C1. The number of alkyl carbamates (subject to hydrolysis) is 1. The minimum absolute atomic E-state index is 0.0388. The summed E-state index contributed by atoms with van der Waals surface area (Å²) in [5.74, 6) is -0.116. The lowest BCUT2D eigenvalue weighted by molar-refractivity contribution is -0.136. The summed E-state index contributed by atoms with van der Waals surface area (Å²) in [5.41, 5.74) is 0.554. The fraction of sp³-hybridized carbons (Fsp3) is 0.640. The summed E-state index contributed by atoms with van der Waals surface area (Å²) < 4.78 is 5.18. The first-order chi connectivity index (χ1) is 15.5. The number of nitrogens with one attached hydrogen (secondary N) is 2. The third-order valence-electron chi connectivity index (χ3n) is 5.47. The van der Waals surface area contributed by atoms with E-state index in [1.807, 2.05) is 49.1 Å². The van der Waals surface area contributed by atoms with Crippen LogP contribution in [0.15, 0.2) is 30.3 Å². The zero-order chi connectivity index (χ0) is 24.4.